The van der Waals surface area contributed by atoms with Crippen molar-refractivity contribution in [3.63, 3.8) is 0 Å². The largest absolute Gasteiger partial charge is 0.450 e. The monoisotopic (exact) mass is 377 g/mol. The highest BCUT2D eigenvalue weighted by Crippen LogP contribution is 2.30. The fraction of sp³-hybridized carbons (Fsp3) is 0.190. The number of anilines is 1. The first-order chi connectivity index (χ1) is 13.6. The highest BCUT2D eigenvalue weighted by molar-refractivity contribution is 6.09. The van der Waals surface area contributed by atoms with Gasteiger partial charge < -0.3 is 19.1 Å². The number of amides is 1. The van der Waals surface area contributed by atoms with Gasteiger partial charge in [0.25, 0.3) is 5.91 Å². The predicted octanol–water partition coefficient (Wildman–Crippen LogP) is 3.91. The summed E-state index contributed by atoms with van der Waals surface area (Å²) >= 11 is 0. The number of rotatable bonds is 5. The number of nitrogens with one attached hydrogen (secondary N) is 1. The Morgan fingerprint density at radius 3 is 2.64 bits per heavy atom. The highest BCUT2D eigenvalue weighted by atomic mass is 16.6. The molecule has 0 radical (unpaired) electrons. The summed E-state index contributed by atoms with van der Waals surface area (Å²) < 4.78 is 12.0. The molecule has 0 unspecified atom stereocenters. The number of benzene rings is 2. The first-order valence-corrected chi connectivity index (χ1v) is 8.98. The van der Waals surface area contributed by atoms with Crippen molar-refractivity contribution < 1.29 is 18.8 Å². The topological polar surface area (TPSA) is 86.4 Å². The highest BCUT2D eigenvalue weighted by Gasteiger charge is 2.16. The first-order valence-electron chi connectivity index (χ1n) is 8.98. The van der Waals surface area contributed by atoms with Gasteiger partial charge in [-0.2, -0.15) is 0 Å². The van der Waals surface area contributed by atoms with Crippen LogP contribution in [0.3, 0.4) is 0 Å². The van der Waals surface area contributed by atoms with Gasteiger partial charge in [0, 0.05) is 40.1 Å². The van der Waals surface area contributed by atoms with Gasteiger partial charge in [0.1, 0.15) is 0 Å². The molecule has 4 aromatic rings. The van der Waals surface area contributed by atoms with Crippen LogP contribution in [0.1, 0.15) is 23.2 Å². The maximum atomic E-state index is 12.2. The molecule has 0 fully saturated rings. The zero-order valence-electron chi connectivity index (χ0n) is 15.6. The molecular formula is C21H19N3O4. The van der Waals surface area contributed by atoms with Crippen LogP contribution in [0, 0.1) is 6.92 Å². The summed E-state index contributed by atoms with van der Waals surface area (Å²) in [7, 11) is 0. The van der Waals surface area contributed by atoms with Crippen molar-refractivity contribution in [3.8, 4) is 0 Å². The number of fused-ring (bicyclic) bond motifs is 3. The van der Waals surface area contributed by atoms with Crippen LogP contribution in [-0.4, -0.2) is 28.2 Å². The molecular weight excluding hydrogens is 358 g/mol. The van der Waals surface area contributed by atoms with Gasteiger partial charge in [0.15, 0.2) is 6.61 Å². The van der Waals surface area contributed by atoms with Crippen LogP contribution in [0.5, 0.6) is 0 Å². The number of carbonyl (C=O) groups is 2. The molecule has 2 aromatic carbocycles. The van der Waals surface area contributed by atoms with E-state index in [1.165, 1.54) is 6.07 Å². The van der Waals surface area contributed by atoms with Gasteiger partial charge in [-0.25, -0.2) is 4.79 Å². The lowest BCUT2D eigenvalue weighted by molar-refractivity contribution is -0.119. The quantitative estimate of drug-likeness (QED) is 0.533. The smallest absolute Gasteiger partial charge is 0.377 e. The van der Waals surface area contributed by atoms with Crippen molar-refractivity contribution in [3.05, 3.63) is 60.0 Å². The molecule has 0 aliphatic heterocycles. The molecule has 0 atom stereocenters. The van der Waals surface area contributed by atoms with Gasteiger partial charge in [-0.15, -0.1) is 0 Å². The SMILES string of the molecule is CCn1c2ccccc2c2cc(NC(=O)COC(=O)c3cc(C)no3)ccc21. The van der Waals surface area contributed by atoms with Crippen LogP contribution >= 0.6 is 0 Å². The molecule has 0 spiro atoms. The van der Waals surface area contributed by atoms with Crippen molar-refractivity contribution in [1.29, 1.82) is 0 Å². The lowest BCUT2D eigenvalue weighted by Crippen LogP contribution is -2.20. The maximum Gasteiger partial charge on any atom is 0.377 e. The molecule has 28 heavy (non-hydrogen) atoms. The van der Waals surface area contributed by atoms with Gasteiger partial charge in [-0.3, -0.25) is 4.79 Å². The Morgan fingerprint density at radius 1 is 1.11 bits per heavy atom. The Morgan fingerprint density at radius 2 is 1.89 bits per heavy atom. The molecule has 0 aliphatic carbocycles. The molecule has 142 valence electrons. The average molecular weight is 377 g/mol. The molecule has 0 aliphatic rings. The second-order valence-corrected chi connectivity index (χ2v) is 6.45. The number of hydrogen-bond donors (Lipinski definition) is 1. The summed E-state index contributed by atoms with van der Waals surface area (Å²) in [6, 6.07) is 15.4. The lowest BCUT2D eigenvalue weighted by atomic mass is 10.1. The molecule has 1 amide bonds. The molecule has 2 heterocycles. The van der Waals surface area contributed by atoms with E-state index in [9.17, 15) is 9.59 Å². The van der Waals surface area contributed by atoms with E-state index in [0.717, 1.165) is 28.4 Å². The van der Waals surface area contributed by atoms with E-state index < -0.39 is 18.5 Å². The van der Waals surface area contributed by atoms with Crippen molar-refractivity contribution >= 4 is 39.4 Å². The van der Waals surface area contributed by atoms with Gasteiger partial charge in [0.2, 0.25) is 5.76 Å². The fourth-order valence-electron chi connectivity index (χ4n) is 3.33. The van der Waals surface area contributed by atoms with E-state index in [0.29, 0.717) is 11.4 Å². The molecule has 1 N–H and O–H groups in total. The third-order valence-corrected chi connectivity index (χ3v) is 4.54. The second-order valence-electron chi connectivity index (χ2n) is 6.45. The Labute approximate surface area is 160 Å². The van der Waals surface area contributed by atoms with E-state index >= 15 is 0 Å². The molecule has 7 nitrogen and oxygen atoms in total. The van der Waals surface area contributed by atoms with Crippen LogP contribution in [-0.2, 0) is 16.1 Å². The second kappa shape index (κ2) is 7.19. The zero-order valence-corrected chi connectivity index (χ0v) is 15.6. The summed E-state index contributed by atoms with van der Waals surface area (Å²) in [5, 5.41) is 8.57. The lowest BCUT2D eigenvalue weighted by Gasteiger charge is -2.07. The van der Waals surface area contributed by atoms with Gasteiger partial charge >= 0.3 is 5.97 Å². The number of para-hydroxylation sites is 1. The number of esters is 1. The molecule has 2 aromatic heterocycles. The number of aromatic nitrogens is 2. The number of ether oxygens (including phenoxy) is 1. The third-order valence-electron chi connectivity index (χ3n) is 4.54. The molecule has 4 rings (SSSR count). The molecule has 0 saturated carbocycles. The van der Waals surface area contributed by atoms with Crippen LogP contribution < -0.4 is 5.32 Å². The van der Waals surface area contributed by atoms with E-state index in [2.05, 4.69) is 34.1 Å². The summed E-state index contributed by atoms with van der Waals surface area (Å²) in [6.07, 6.45) is 0. The van der Waals surface area contributed by atoms with Gasteiger partial charge in [-0.05, 0) is 38.1 Å². The van der Waals surface area contributed by atoms with Crippen molar-refractivity contribution in [2.75, 3.05) is 11.9 Å². The van der Waals surface area contributed by atoms with Crippen molar-refractivity contribution in [1.82, 2.24) is 9.72 Å². The Balaban J connectivity index is 1.51. The molecule has 0 bridgehead atoms. The summed E-state index contributed by atoms with van der Waals surface area (Å²) in [5.74, 6) is -1.18. The van der Waals surface area contributed by atoms with Gasteiger partial charge in [0.05, 0.1) is 5.69 Å². The first kappa shape index (κ1) is 17.8. The summed E-state index contributed by atoms with van der Waals surface area (Å²) in [5.41, 5.74) is 3.47. The van der Waals surface area contributed by atoms with E-state index in [-0.39, 0.29) is 5.76 Å². The minimum atomic E-state index is -0.725. The predicted molar refractivity (Wildman–Crippen MR) is 105 cm³/mol. The third kappa shape index (κ3) is 3.22. The minimum absolute atomic E-state index is 0.0286. The fourth-order valence-corrected chi connectivity index (χ4v) is 3.33. The van der Waals surface area contributed by atoms with Gasteiger partial charge in [-0.1, -0.05) is 23.4 Å². The number of nitrogens with zero attached hydrogens (tertiary/aromatic N) is 2. The zero-order chi connectivity index (χ0) is 19.7. The van der Waals surface area contributed by atoms with Crippen molar-refractivity contribution in [2.45, 2.75) is 20.4 Å². The normalized spacial score (nSPS) is 11.1. The maximum absolute atomic E-state index is 12.2. The van der Waals surface area contributed by atoms with Crippen LogP contribution in [0.2, 0.25) is 0 Å². The number of hydrogen-bond acceptors (Lipinski definition) is 5. The van der Waals surface area contributed by atoms with Crippen LogP contribution in [0.25, 0.3) is 21.8 Å². The van der Waals surface area contributed by atoms with E-state index in [1.54, 1.807) is 6.92 Å². The Hall–Kier alpha value is -3.61. The summed E-state index contributed by atoms with van der Waals surface area (Å²) in [6.45, 7) is 4.24. The Bertz CT molecular complexity index is 1190. The van der Waals surface area contributed by atoms with Crippen LogP contribution in [0.4, 0.5) is 5.69 Å². The molecule has 0 saturated heterocycles. The standard InChI is InChI=1S/C21H19N3O4/c1-3-24-17-7-5-4-6-15(17)16-11-14(8-9-18(16)24)22-20(25)12-27-21(26)19-10-13(2)23-28-19/h4-11H,3,12H2,1-2H3,(H,22,25). The summed E-state index contributed by atoms with van der Waals surface area (Å²) in [4.78, 5) is 24.0. The number of carbonyl (C=O) groups excluding carboxylic acids is 2. The van der Waals surface area contributed by atoms with Crippen molar-refractivity contribution in [2.24, 2.45) is 0 Å². The molecule has 7 heteroatoms. The number of aryl methyl sites for hydroxylation is 2. The van der Waals surface area contributed by atoms with E-state index in [4.69, 9.17) is 9.26 Å². The van der Waals surface area contributed by atoms with E-state index in [1.807, 2.05) is 30.3 Å². The Kier molecular flexibility index (Phi) is 4.57. The minimum Gasteiger partial charge on any atom is -0.450 e. The van der Waals surface area contributed by atoms with Crippen LogP contribution in [0.15, 0.2) is 53.1 Å². The average Bonchev–Trinajstić information content (AvgIpc) is 3.27.